The van der Waals surface area contributed by atoms with Crippen molar-refractivity contribution in [2.24, 2.45) is 0 Å². The van der Waals surface area contributed by atoms with Gasteiger partial charge in [0.2, 0.25) is 17.7 Å². The molecule has 0 aliphatic carbocycles. The average Bonchev–Trinajstić information content (AvgIpc) is 2.87. The second-order valence-corrected chi connectivity index (χ2v) is 8.77. The highest BCUT2D eigenvalue weighted by Gasteiger charge is 2.22. The van der Waals surface area contributed by atoms with Crippen LogP contribution in [0.4, 0.5) is 21.7 Å². The molecule has 1 aliphatic heterocycles. The third-order valence-electron chi connectivity index (χ3n) is 6.22. The molecule has 1 amide bonds. The molecule has 9 heteroatoms. The highest BCUT2D eigenvalue weighted by molar-refractivity contribution is 5.98. The van der Waals surface area contributed by atoms with Crippen LogP contribution >= 0.6 is 0 Å². The Morgan fingerprint density at radius 3 is 2.69 bits per heavy atom. The number of ether oxygens (including phenoxy) is 2. The maximum atomic E-state index is 14.3. The van der Waals surface area contributed by atoms with Gasteiger partial charge in [0.1, 0.15) is 5.75 Å². The van der Waals surface area contributed by atoms with Crippen molar-refractivity contribution in [3.63, 3.8) is 0 Å². The molecule has 2 N–H and O–H groups in total. The topological polar surface area (TPSA) is 88.6 Å². The van der Waals surface area contributed by atoms with Crippen LogP contribution in [-0.4, -0.2) is 48.0 Å². The molecule has 188 valence electrons. The zero-order valence-electron chi connectivity index (χ0n) is 20.7. The molecule has 1 fully saturated rings. The number of carbonyl (C=O) groups excluding carboxylic acids is 1. The number of carbonyl (C=O) groups is 1. The largest absolute Gasteiger partial charge is 0.495 e. The number of methoxy groups -OCH3 is 1. The number of aromatic nitrogens is 2. The minimum atomic E-state index is -0.596. The fourth-order valence-electron chi connectivity index (χ4n) is 4.27. The summed E-state index contributed by atoms with van der Waals surface area (Å²) >= 11 is 0. The van der Waals surface area contributed by atoms with Crippen LogP contribution in [0.5, 0.6) is 17.4 Å². The Balaban J connectivity index is 1.53. The molecule has 1 aliphatic rings. The molecule has 0 saturated carbocycles. The number of nitrogens with zero attached hydrogens (tertiary/aromatic N) is 3. The van der Waals surface area contributed by atoms with E-state index in [2.05, 4.69) is 52.1 Å². The Bertz CT molecular complexity index is 1260. The van der Waals surface area contributed by atoms with E-state index < -0.39 is 11.7 Å². The first kappa shape index (κ1) is 25.1. The lowest BCUT2D eigenvalue weighted by Crippen LogP contribution is -2.29. The Morgan fingerprint density at radius 2 is 1.97 bits per heavy atom. The van der Waals surface area contributed by atoms with E-state index in [9.17, 15) is 9.18 Å². The van der Waals surface area contributed by atoms with Crippen LogP contribution in [0.1, 0.15) is 29.9 Å². The van der Waals surface area contributed by atoms with Gasteiger partial charge in [-0.25, -0.2) is 9.37 Å². The van der Waals surface area contributed by atoms with E-state index in [1.54, 1.807) is 7.11 Å². The first-order chi connectivity index (χ1) is 17.4. The third kappa shape index (κ3) is 5.98. The molecule has 0 atom stereocenters. The molecule has 0 unspecified atom stereocenters. The number of halogens is 1. The summed E-state index contributed by atoms with van der Waals surface area (Å²) < 4.78 is 25.7. The summed E-state index contributed by atoms with van der Waals surface area (Å²) in [6.07, 6.45) is 4.87. The normalized spacial score (nSPS) is 14.2. The van der Waals surface area contributed by atoms with Crippen LogP contribution in [0.2, 0.25) is 0 Å². The number of hydrogen-bond donors (Lipinski definition) is 2. The second-order valence-electron chi connectivity index (χ2n) is 8.77. The van der Waals surface area contributed by atoms with Crippen LogP contribution in [0, 0.1) is 12.7 Å². The highest BCUT2D eigenvalue weighted by atomic mass is 19.1. The van der Waals surface area contributed by atoms with Crippen molar-refractivity contribution in [3.05, 3.63) is 72.2 Å². The quantitative estimate of drug-likeness (QED) is 0.408. The monoisotopic (exact) mass is 491 g/mol. The van der Waals surface area contributed by atoms with Gasteiger partial charge >= 0.3 is 0 Å². The van der Waals surface area contributed by atoms with Crippen molar-refractivity contribution >= 4 is 23.2 Å². The Kier molecular flexibility index (Phi) is 7.80. The van der Waals surface area contributed by atoms with E-state index in [0.29, 0.717) is 17.4 Å². The maximum Gasteiger partial charge on any atom is 0.247 e. The fraction of sp³-hybridized carbons (Fsp3) is 0.296. The summed E-state index contributed by atoms with van der Waals surface area (Å²) in [4.78, 5) is 22.5. The Hall–Kier alpha value is -3.98. The van der Waals surface area contributed by atoms with Gasteiger partial charge in [0, 0.05) is 24.0 Å². The average molecular weight is 492 g/mol. The molecule has 1 aromatic heterocycles. The molecular weight excluding hydrogens is 461 g/mol. The van der Waals surface area contributed by atoms with Crippen molar-refractivity contribution in [2.45, 2.75) is 25.7 Å². The molecule has 2 heterocycles. The van der Waals surface area contributed by atoms with E-state index in [1.807, 2.05) is 6.07 Å². The summed E-state index contributed by atoms with van der Waals surface area (Å²) in [7, 11) is 3.79. The van der Waals surface area contributed by atoms with Crippen LogP contribution in [-0.2, 0) is 4.79 Å². The molecule has 1 saturated heterocycles. The molecular formula is C27H30FN5O3. The summed E-state index contributed by atoms with van der Waals surface area (Å²) in [5.41, 5.74) is 3.56. The highest BCUT2D eigenvalue weighted by Crippen LogP contribution is 2.37. The summed E-state index contributed by atoms with van der Waals surface area (Å²) in [5, 5.41) is 5.76. The van der Waals surface area contributed by atoms with Gasteiger partial charge in [0.25, 0.3) is 0 Å². The van der Waals surface area contributed by atoms with Gasteiger partial charge in [-0.1, -0.05) is 6.58 Å². The summed E-state index contributed by atoms with van der Waals surface area (Å²) in [6, 6.07) is 9.65. The lowest BCUT2D eigenvalue weighted by Gasteiger charge is -2.30. The number of piperidine rings is 1. The molecule has 8 nitrogen and oxygen atoms in total. The van der Waals surface area contributed by atoms with Crippen molar-refractivity contribution in [3.8, 4) is 17.4 Å². The van der Waals surface area contributed by atoms with E-state index in [4.69, 9.17) is 9.47 Å². The Morgan fingerprint density at radius 1 is 1.19 bits per heavy atom. The lowest BCUT2D eigenvalue weighted by molar-refractivity contribution is -0.111. The van der Waals surface area contributed by atoms with Crippen molar-refractivity contribution in [1.29, 1.82) is 0 Å². The second kappa shape index (κ2) is 11.2. The molecule has 2 aromatic carbocycles. The zero-order valence-corrected chi connectivity index (χ0v) is 20.7. The van der Waals surface area contributed by atoms with Crippen molar-refractivity contribution < 1.29 is 18.7 Å². The van der Waals surface area contributed by atoms with Crippen LogP contribution in [0.3, 0.4) is 0 Å². The molecule has 3 aromatic rings. The number of benzene rings is 2. The van der Waals surface area contributed by atoms with Crippen molar-refractivity contribution in [2.75, 3.05) is 37.9 Å². The minimum Gasteiger partial charge on any atom is -0.495 e. The number of nitrogens with one attached hydrogen (secondary N) is 2. The van der Waals surface area contributed by atoms with Gasteiger partial charge < -0.3 is 25.0 Å². The smallest absolute Gasteiger partial charge is 0.247 e. The fourth-order valence-corrected chi connectivity index (χ4v) is 4.27. The predicted molar refractivity (Wildman–Crippen MR) is 138 cm³/mol. The first-order valence-corrected chi connectivity index (χ1v) is 11.7. The number of anilines is 3. The molecule has 0 radical (unpaired) electrons. The Labute approximate surface area is 210 Å². The molecule has 0 spiro atoms. The summed E-state index contributed by atoms with van der Waals surface area (Å²) in [6.45, 7) is 7.66. The van der Waals surface area contributed by atoms with Gasteiger partial charge in [0.15, 0.2) is 11.6 Å². The van der Waals surface area contributed by atoms with E-state index in [-0.39, 0.29) is 17.6 Å². The molecule has 4 rings (SSSR count). The van der Waals surface area contributed by atoms with Crippen molar-refractivity contribution in [1.82, 2.24) is 14.9 Å². The number of aryl methyl sites for hydroxylation is 1. The van der Waals surface area contributed by atoms with Gasteiger partial charge in [-0.3, -0.25) is 4.79 Å². The number of amides is 1. The van der Waals surface area contributed by atoms with E-state index in [0.717, 1.165) is 37.7 Å². The minimum absolute atomic E-state index is 0.0857. The van der Waals surface area contributed by atoms with Gasteiger partial charge in [-0.05, 0) is 87.3 Å². The molecule has 36 heavy (non-hydrogen) atoms. The predicted octanol–water partition coefficient (Wildman–Crippen LogP) is 5.40. The number of likely N-dealkylation sites (tertiary alicyclic amines) is 1. The maximum absolute atomic E-state index is 14.3. The number of hydrogen-bond acceptors (Lipinski definition) is 7. The zero-order chi connectivity index (χ0) is 25.7. The first-order valence-electron chi connectivity index (χ1n) is 11.7. The van der Waals surface area contributed by atoms with Crippen LogP contribution < -0.4 is 20.1 Å². The summed E-state index contributed by atoms with van der Waals surface area (Å²) in [5.74, 6) is 0.511. The lowest BCUT2D eigenvalue weighted by atomic mass is 9.86. The van der Waals surface area contributed by atoms with E-state index in [1.165, 1.54) is 41.6 Å². The van der Waals surface area contributed by atoms with Crippen LogP contribution in [0.25, 0.3) is 0 Å². The standard InChI is InChI=1S/C27H30FN5O3/c1-5-25(34)30-19-6-7-21(28)23(15-19)36-26-8-11-29-27(32-26)31-22-14-17(2)20(16-24(22)35-4)18-9-12-33(3)13-10-18/h5-8,11,14-16,18H,1,9-10,12-13H2,2-4H3,(H,30,34)(H,29,31,32). The SMILES string of the molecule is C=CC(=O)Nc1ccc(F)c(Oc2ccnc(Nc3cc(C)c(C4CCN(C)CC4)cc3OC)n2)c1. The van der Waals surface area contributed by atoms with Gasteiger partial charge in [0.05, 0.1) is 12.8 Å². The van der Waals surface area contributed by atoms with Gasteiger partial charge in [-0.2, -0.15) is 4.98 Å². The number of rotatable bonds is 8. The van der Waals surface area contributed by atoms with E-state index >= 15 is 0 Å². The third-order valence-corrected chi connectivity index (χ3v) is 6.22. The van der Waals surface area contributed by atoms with Gasteiger partial charge in [-0.15, -0.1) is 0 Å². The van der Waals surface area contributed by atoms with Crippen LogP contribution in [0.15, 0.2) is 55.3 Å². The molecule has 0 bridgehead atoms.